The van der Waals surface area contributed by atoms with E-state index in [4.69, 9.17) is 5.73 Å². The number of hydrogen-bond donors (Lipinski definition) is 1. The predicted octanol–water partition coefficient (Wildman–Crippen LogP) is 1.21. The number of hydrogen-bond acceptors (Lipinski definition) is 2. The Bertz CT molecular complexity index is 202. The van der Waals surface area contributed by atoms with Crippen LogP contribution in [0.1, 0.15) is 32.1 Å². The number of nitrogens with zero attached hydrogens (tertiary/aromatic N) is 1. The molecule has 2 aliphatic carbocycles. The minimum Gasteiger partial charge on any atom is -0.328 e. The largest absolute Gasteiger partial charge is 0.328 e. The second kappa shape index (κ2) is 2.71. The molecule has 0 bridgehead atoms. The highest BCUT2D eigenvalue weighted by molar-refractivity contribution is 5.05. The van der Waals surface area contributed by atoms with Crippen molar-refractivity contribution in [1.29, 1.82) is 0 Å². The molecule has 0 amide bonds. The van der Waals surface area contributed by atoms with Crippen LogP contribution in [0, 0.1) is 11.3 Å². The van der Waals surface area contributed by atoms with Crippen LogP contribution in [0.5, 0.6) is 0 Å². The molecule has 0 radical (unpaired) electrons. The molecule has 0 aromatic carbocycles. The Labute approximate surface area is 80.5 Å². The highest BCUT2D eigenvalue weighted by Crippen LogP contribution is 2.53. The molecule has 1 heterocycles. The van der Waals surface area contributed by atoms with E-state index in [1.165, 1.54) is 51.7 Å². The van der Waals surface area contributed by atoms with E-state index in [-0.39, 0.29) is 0 Å². The van der Waals surface area contributed by atoms with Crippen molar-refractivity contribution in [3.63, 3.8) is 0 Å². The van der Waals surface area contributed by atoms with E-state index in [0.717, 1.165) is 11.3 Å². The second-order valence-corrected chi connectivity index (χ2v) is 5.61. The summed E-state index contributed by atoms with van der Waals surface area (Å²) in [5.41, 5.74) is 6.74. The maximum Gasteiger partial charge on any atom is 0.00506 e. The van der Waals surface area contributed by atoms with Gasteiger partial charge in [0.1, 0.15) is 0 Å². The summed E-state index contributed by atoms with van der Waals surface area (Å²) in [6, 6.07) is 0.515. The van der Waals surface area contributed by atoms with Crippen LogP contribution in [0.25, 0.3) is 0 Å². The van der Waals surface area contributed by atoms with Gasteiger partial charge in [0.25, 0.3) is 0 Å². The van der Waals surface area contributed by atoms with Gasteiger partial charge in [0, 0.05) is 25.7 Å². The first-order chi connectivity index (χ1) is 6.26. The standard InChI is InChI=1S/C11H20N2/c12-10-2-1-9(5-10)6-13-7-11(8-13)3-4-11/h9-10H,1-8,12H2. The molecular formula is C11H20N2. The molecule has 2 N–H and O–H groups in total. The predicted molar refractivity (Wildman–Crippen MR) is 53.4 cm³/mol. The Morgan fingerprint density at radius 3 is 2.54 bits per heavy atom. The normalized spacial score (nSPS) is 42.2. The molecule has 0 aromatic heterocycles. The average molecular weight is 180 g/mol. The van der Waals surface area contributed by atoms with E-state index in [2.05, 4.69) is 4.90 Å². The molecule has 2 unspecified atom stereocenters. The zero-order valence-electron chi connectivity index (χ0n) is 8.34. The third-order valence-electron chi connectivity index (χ3n) is 4.17. The van der Waals surface area contributed by atoms with Crippen molar-refractivity contribution in [2.24, 2.45) is 17.1 Å². The highest BCUT2D eigenvalue weighted by Gasteiger charge is 2.52. The van der Waals surface area contributed by atoms with Gasteiger partial charge in [0.15, 0.2) is 0 Å². The minimum atomic E-state index is 0.515. The SMILES string of the molecule is NC1CCC(CN2CC3(CC3)C2)C1. The highest BCUT2D eigenvalue weighted by atomic mass is 15.2. The number of rotatable bonds is 2. The first kappa shape index (κ1) is 8.25. The van der Waals surface area contributed by atoms with Gasteiger partial charge in [-0.3, -0.25) is 0 Å². The summed E-state index contributed by atoms with van der Waals surface area (Å²) in [7, 11) is 0. The van der Waals surface area contributed by atoms with Crippen molar-refractivity contribution in [3.8, 4) is 0 Å². The molecular weight excluding hydrogens is 160 g/mol. The molecule has 3 rings (SSSR count). The zero-order chi connectivity index (χ0) is 8.89. The van der Waals surface area contributed by atoms with Crippen molar-refractivity contribution in [2.45, 2.75) is 38.1 Å². The van der Waals surface area contributed by atoms with Gasteiger partial charge in [-0.15, -0.1) is 0 Å². The molecule has 3 aliphatic rings. The molecule has 2 saturated carbocycles. The summed E-state index contributed by atoms with van der Waals surface area (Å²) >= 11 is 0. The fourth-order valence-corrected chi connectivity index (χ4v) is 3.17. The van der Waals surface area contributed by atoms with Crippen LogP contribution < -0.4 is 5.73 Å². The smallest absolute Gasteiger partial charge is 0.00506 e. The zero-order valence-corrected chi connectivity index (χ0v) is 8.34. The number of nitrogens with two attached hydrogens (primary N) is 1. The van der Waals surface area contributed by atoms with Crippen LogP contribution in [0.3, 0.4) is 0 Å². The van der Waals surface area contributed by atoms with E-state index in [1.54, 1.807) is 0 Å². The summed E-state index contributed by atoms with van der Waals surface area (Å²) in [5, 5.41) is 0. The molecule has 0 aromatic rings. The lowest BCUT2D eigenvalue weighted by Crippen LogP contribution is -2.49. The van der Waals surface area contributed by atoms with Crippen LogP contribution in [0.4, 0.5) is 0 Å². The molecule has 1 saturated heterocycles. The van der Waals surface area contributed by atoms with Gasteiger partial charge < -0.3 is 10.6 Å². The molecule has 13 heavy (non-hydrogen) atoms. The van der Waals surface area contributed by atoms with E-state index in [1.807, 2.05) is 0 Å². The first-order valence-electron chi connectivity index (χ1n) is 5.74. The van der Waals surface area contributed by atoms with Crippen molar-refractivity contribution < 1.29 is 0 Å². The van der Waals surface area contributed by atoms with Crippen LogP contribution in [0.2, 0.25) is 0 Å². The fraction of sp³-hybridized carbons (Fsp3) is 1.00. The lowest BCUT2D eigenvalue weighted by atomic mass is 9.94. The Balaban J connectivity index is 1.43. The molecule has 2 atom stereocenters. The lowest BCUT2D eigenvalue weighted by molar-refractivity contribution is 0.0650. The number of likely N-dealkylation sites (tertiary alicyclic amines) is 1. The van der Waals surface area contributed by atoms with Gasteiger partial charge in [-0.25, -0.2) is 0 Å². The van der Waals surface area contributed by atoms with Crippen LogP contribution in [0.15, 0.2) is 0 Å². The Kier molecular flexibility index (Phi) is 1.72. The Morgan fingerprint density at radius 1 is 1.23 bits per heavy atom. The van der Waals surface area contributed by atoms with E-state index >= 15 is 0 Å². The maximum atomic E-state index is 5.91. The average Bonchev–Trinajstić information content (AvgIpc) is 2.70. The summed E-state index contributed by atoms with van der Waals surface area (Å²) in [6.45, 7) is 4.15. The lowest BCUT2D eigenvalue weighted by Gasteiger charge is -2.41. The minimum absolute atomic E-state index is 0.515. The van der Waals surface area contributed by atoms with Gasteiger partial charge in [-0.05, 0) is 43.4 Å². The van der Waals surface area contributed by atoms with Crippen LogP contribution in [-0.4, -0.2) is 30.6 Å². The molecule has 2 nitrogen and oxygen atoms in total. The second-order valence-electron chi connectivity index (χ2n) is 5.61. The molecule has 1 spiro atoms. The van der Waals surface area contributed by atoms with Gasteiger partial charge in [-0.2, -0.15) is 0 Å². The summed E-state index contributed by atoms with van der Waals surface area (Å²) in [6.07, 6.45) is 6.94. The third kappa shape index (κ3) is 1.50. The quantitative estimate of drug-likeness (QED) is 0.692. The maximum absolute atomic E-state index is 5.91. The van der Waals surface area contributed by atoms with Gasteiger partial charge in [0.2, 0.25) is 0 Å². The monoisotopic (exact) mass is 180 g/mol. The van der Waals surface area contributed by atoms with Crippen molar-refractivity contribution in [2.75, 3.05) is 19.6 Å². The van der Waals surface area contributed by atoms with Crippen molar-refractivity contribution in [3.05, 3.63) is 0 Å². The summed E-state index contributed by atoms with van der Waals surface area (Å²) in [4.78, 5) is 2.65. The first-order valence-corrected chi connectivity index (χ1v) is 5.74. The van der Waals surface area contributed by atoms with Crippen molar-refractivity contribution in [1.82, 2.24) is 4.90 Å². The Hall–Kier alpha value is -0.0800. The van der Waals surface area contributed by atoms with Gasteiger partial charge >= 0.3 is 0 Å². The summed E-state index contributed by atoms with van der Waals surface area (Å²) in [5.74, 6) is 0.922. The van der Waals surface area contributed by atoms with Gasteiger partial charge in [-0.1, -0.05) is 0 Å². The van der Waals surface area contributed by atoms with E-state index < -0.39 is 0 Å². The van der Waals surface area contributed by atoms with E-state index in [0.29, 0.717) is 6.04 Å². The fourth-order valence-electron chi connectivity index (χ4n) is 3.17. The summed E-state index contributed by atoms with van der Waals surface area (Å²) < 4.78 is 0. The molecule has 3 fully saturated rings. The Morgan fingerprint density at radius 2 is 2.00 bits per heavy atom. The van der Waals surface area contributed by atoms with Crippen LogP contribution >= 0.6 is 0 Å². The topological polar surface area (TPSA) is 29.3 Å². The third-order valence-corrected chi connectivity index (χ3v) is 4.17. The van der Waals surface area contributed by atoms with Crippen LogP contribution in [-0.2, 0) is 0 Å². The van der Waals surface area contributed by atoms with E-state index in [9.17, 15) is 0 Å². The van der Waals surface area contributed by atoms with Crippen molar-refractivity contribution >= 4 is 0 Å². The van der Waals surface area contributed by atoms with Gasteiger partial charge in [0.05, 0.1) is 0 Å². The molecule has 74 valence electrons. The molecule has 2 heteroatoms. The molecule has 1 aliphatic heterocycles.